The van der Waals surface area contributed by atoms with Gasteiger partial charge in [-0.15, -0.1) is 11.8 Å². The highest BCUT2D eigenvalue weighted by molar-refractivity contribution is 7.98. The Balaban J connectivity index is 1.38. The Kier molecular flexibility index (Phi) is 6.76. The molecular weight excluding hydrogens is 505 g/mol. The van der Waals surface area contributed by atoms with Crippen LogP contribution in [-0.4, -0.2) is 42.9 Å². The molecule has 0 spiro atoms. The third-order valence-corrected chi connectivity index (χ3v) is 6.64. The fraction of sp³-hybridized carbons (Fsp3) is 0.320. The van der Waals surface area contributed by atoms with Gasteiger partial charge in [0.1, 0.15) is 24.3 Å². The lowest BCUT2D eigenvalue weighted by Gasteiger charge is -2.13. The topological polar surface area (TPSA) is 87.8 Å². The van der Waals surface area contributed by atoms with Gasteiger partial charge in [-0.05, 0) is 24.7 Å². The number of hydrogen-bond acceptors (Lipinski definition) is 8. The summed E-state index contributed by atoms with van der Waals surface area (Å²) < 4.78 is 51.9. The predicted octanol–water partition coefficient (Wildman–Crippen LogP) is 5.54. The van der Waals surface area contributed by atoms with E-state index in [4.69, 9.17) is 9.47 Å². The smallest absolute Gasteiger partial charge is 0.434 e. The minimum absolute atomic E-state index is 0.205. The number of alkyl halides is 3. The number of thioether (sulfide) groups is 1. The zero-order chi connectivity index (χ0) is 26.2. The van der Waals surface area contributed by atoms with Gasteiger partial charge in [0.05, 0.1) is 17.7 Å². The van der Waals surface area contributed by atoms with E-state index in [1.54, 1.807) is 37.6 Å². The van der Waals surface area contributed by atoms with Gasteiger partial charge in [-0.3, -0.25) is 0 Å². The number of aromatic nitrogens is 6. The van der Waals surface area contributed by atoms with Crippen LogP contribution in [0.1, 0.15) is 35.7 Å². The second-order valence-electron chi connectivity index (χ2n) is 8.53. The number of hydrogen-bond donors (Lipinski definition) is 0. The predicted molar refractivity (Wildman–Crippen MR) is 131 cm³/mol. The number of ether oxygens (including phenoxy) is 2. The van der Waals surface area contributed by atoms with Crippen LogP contribution in [0.25, 0.3) is 22.8 Å². The van der Waals surface area contributed by atoms with Crippen LogP contribution >= 0.6 is 11.8 Å². The van der Waals surface area contributed by atoms with E-state index in [-0.39, 0.29) is 12.4 Å². The summed E-state index contributed by atoms with van der Waals surface area (Å²) in [5.74, 6) is 1.82. The Hall–Kier alpha value is -3.67. The van der Waals surface area contributed by atoms with Crippen molar-refractivity contribution in [1.29, 1.82) is 0 Å². The molecule has 0 aliphatic heterocycles. The molecule has 1 aliphatic rings. The lowest BCUT2D eigenvalue weighted by atomic mass is 10.1. The number of methoxy groups -OCH3 is 1. The van der Waals surface area contributed by atoms with Crippen LogP contribution in [0.15, 0.2) is 47.9 Å². The second-order valence-corrected chi connectivity index (χ2v) is 9.38. The van der Waals surface area contributed by atoms with Gasteiger partial charge < -0.3 is 14.0 Å². The Morgan fingerprint density at radius 1 is 1.05 bits per heavy atom. The monoisotopic (exact) mass is 528 g/mol. The van der Waals surface area contributed by atoms with Crippen molar-refractivity contribution < 1.29 is 22.6 Å². The van der Waals surface area contributed by atoms with E-state index in [1.165, 1.54) is 29.7 Å². The molecule has 0 radical (unpaired) electrons. The van der Waals surface area contributed by atoms with Crippen molar-refractivity contribution in [1.82, 2.24) is 29.5 Å². The molecule has 0 atom stereocenters. The molecule has 1 aromatic carbocycles. The lowest BCUT2D eigenvalue weighted by molar-refractivity contribution is -0.140. The van der Waals surface area contributed by atoms with Crippen molar-refractivity contribution in [2.45, 2.75) is 36.4 Å². The molecule has 1 saturated carbocycles. The normalized spacial score (nSPS) is 13.6. The number of benzene rings is 1. The van der Waals surface area contributed by atoms with E-state index in [0.29, 0.717) is 34.6 Å². The third kappa shape index (κ3) is 5.24. The summed E-state index contributed by atoms with van der Waals surface area (Å²) in [6.45, 7) is 0.205. The lowest BCUT2D eigenvalue weighted by Crippen LogP contribution is -2.05. The summed E-state index contributed by atoms with van der Waals surface area (Å²) in [5.41, 5.74) is 2.00. The van der Waals surface area contributed by atoms with Crippen molar-refractivity contribution in [2.75, 3.05) is 13.4 Å². The van der Waals surface area contributed by atoms with Crippen LogP contribution < -0.4 is 9.47 Å². The van der Waals surface area contributed by atoms with E-state index in [9.17, 15) is 13.2 Å². The first-order valence-electron chi connectivity index (χ1n) is 11.4. The molecule has 37 heavy (non-hydrogen) atoms. The summed E-state index contributed by atoms with van der Waals surface area (Å²) in [4.78, 5) is 22.4. The van der Waals surface area contributed by atoms with E-state index in [2.05, 4.69) is 24.9 Å². The van der Waals surface area contributed by atoms with Crippen LogP contribution in [0, 0.1) is 0 Å². The summed E-state index contributed by atoms with van der Waals surface area (Å²) >= 11 is 1.46. The number of rotatable bonds is 8. The molecule has 0 bridgehead atoms. The van der Waals surface area contributed by atoms with Gasteiger partial charge in [0.2, 0.25) is 11.8 Å². The maximum atomic E-state index is 13.0. The molecule has 12 heteroatoms. The van der Waals surface area contributed by atoms with Gasteiger partial charge in [-0.25, -0.2) is 19.9 Å². The highest BCUT2D eigenvalue weighted by Gasteiger charge is 2.34. The number of halogens is 3. The second kappa shape index (κ2) is 10.0. The van der Waals surface area contributed by atoms with E-state index in [1.807, 2.05) is 6.26 Å². The summed E-state index contributed by atoms with van der Waals surface area (Å²) in [6, 6.07) is 7.01. The van der Waals surface area contributed by atoms with E-state index in [0.717, 1.165) is 35.2 Å². The van der Waals surface area contributed by atoms with Gasteiger partial charge in [0.25, 0.3) is 0 Å². The molecule has 192 valence electrons. The molecule has 0 unspecified atom stereocenters. The highest BCUT2D eigenvalue weighted by Crippen LogP contribution is 2.45. The molecule has 3 aromatic heterocycles. The molecule has 0 amide bonds. The van der Waals surface area contributed by atoms with Crippen LogP contribution in [0.5, 0.6) is 11.8 Å². The Labute approximate surface area is 215 Å². The van der Waals surface area contributed by atoms with Crippen LogP contribution in [0.4, 0.5) is 13.2 Å². The molecule has 4 aromatic rings. The Bertz CT molecular complexity index is 1420. The van der Waals surface area contributed by atoms with Gasteiger partial charge in [-0.1, -0.05) is 24.3 Å². The zero-order valence-electron chi connectivity index (χ0n) is 20.3. The maximum absolute atomic E-state index is 13.0. The van der Waals surface area contributed by atoms with Crippen LogP contribution in [-0.2, 0) is 19.8 Å². The van der Waals surface area contributed by atoms with Crippen molar-refractivity contribution in [3.8, 4) is 34.5 Å². The summed E-state index contributed by atoms with van der Waals surface area (Å²) in [7, 11) is 3.08. The number of imidazole rings is 1. The zero-order valence-corrected chi connectivity index (χ0v) is 21.1. The standard InChI is InChI=1S/C25H23F3N6O2S/c1-34-11-18(25(26,27)28)32-22(34)16-6-4-14(5-7-16)12-36-23-17(37-3)10-29-21(33-23)19-20(15-8-9-15)30-13-31-24(19)35-2/h4-7,10-11,13,15H,8-9,12H2,1-3H3. The largest absolute Gasteiger partial charge is 0.480 e. The average Bonchev–Trinajstić information content (AvgIpc) is 3.67. The fourth-order valence-corrected chi connectivity index (χ4v) is 4.34. The molecule has 8 nitrogen and oxygen atoms in total. The van der Waals surface area contributed by atoms with E-state index < -0.39 is 11.9 Å². The molecule has 0 saturated heterocycles. The van der Waals surface area contributed by atoms with Crippen molar-refractivity contribution in [3.05, 3.63) is 59.9 Å². The molecule has 1 fully saturated rings. The molecule has 0 N–H and O–H groups in total. The highest BCUT2D eigenvalue weighted by atomic mass is 32.2. The van der Waals surface area contributed by atoms with Crippen LogP contribution in [0.2, 0.25) is 0 Å². The fourth-order valence-electron chi connectivity index (χ4n) is 3.91. The van der Waals surface area contributed by atoms with Crippen molar-refractivity contribution in [3.63, 3.8) is 0 Å². The minimum Gasteiger partial charge on any atom is -0.480 e. The van der Waals surface area contributed by atoms with E-state index >= 15 is 0 Å². The van der Waals surface area contributed by atoms with Gasteiger partial charge in [-0.2, -0.15) is 18.2 Å². The number of aryl methyl sites for hydroxylation is 1. The maximum Gasteiger partial charge on any atom is 0.434 e. The SMILES string of the molecule is COc1ncnc(C2CC2)c1-c1ncc(SC)c(OCc2ccc(-c3nc(C(F)(F)F)cn3C)cc2)n1. The summed E-state index contributed by atoms with van der Waals surface area (Å²) in [6.07, 6.45) is 3.67. The molecule has 5 rings (SSSR count). The number of nitrogens with zero attached hydrogens (tertiary/aromatic N) is 6. The quantitative estimate of drug-likeness (QED) is 0.276. The molecule has 3 heterocycles. The molecular formula is C25H23F3N6O2S. The first kappa shape index (κ1) is 25.0. The first-order chi connectivity index (χ1) is 17.8. The minimum atomic E-state index is -4.50. The average molecular weight is 529 g/mol. The summed E-state index contributed by atoms with van der Waals surface area (Å²) in [5, 5.41) is 0. The Morgan fingerprint density at radius 3 is 2.43 bits per heavy atom. The van der Waals surface area contributed by atoms with Gasteiger partial charge in [0, 0.05) is 30.9 Å². The third-order valence-electron chi connectivity index (χ3n) is 5.92. The van der Waals surface area contributed by atoms with Crippen LogP contribution in [0.3, 0.4) is 0 Å². The Morgan fingerprint density at radius 2 is 1.81 bits per heavy atom. The van der Waals surface area contributed by atoms with Crippen molar-refractivity contribution in [2.24, 2.45) is 7.05 Å². The van der Waals surface area contributed by atoms with Gasteiger partial charge in [0.15, 0.2) is 11.5 Å². The van der Waals surface area contributed by atoms with Gasteiger partial charge >= 0.3 is 6.18 Å². The first-order valence-corrected chi connectivity index (χ1v) is 12.6. The van der Waals surface area contributed by atoms with Crippen molar-refractivity contribution >= 4 is 11.8 Å². The molecule has 1 aliphatic carbocycles.